The summed E-state index contributed by atoms with van der Waals surface area (Å²) in [5, 5.41) is 11.6. The number of nitrogens with one attached hydrogen (secondary N) is 1. The van der Waals surface area contributed by atoms with E-state index in [-0.39, 0.29) is 0 Å². The van der Waals surface area contributed by atoms with Crippen LogP contribution in [0.5, 0.6) is 0 Å². The van der Waals surface area contributed by atoms with Gasteiger partial charge in [-0.3, -0.25) is 0 Å². The Morgan fingerprint density at radius 3 is 2.75 bits per heavy atom. The summed E-state index contributed by atoms with van der Waals surface area (Å²) in [6.45, 7) is 0. The van der Waals surface area contributed by atoms with Crippen molar-refractivity contribution in [2.75, 3.05) is 14.1 Å². The van der Waals surface area contributed by atoms with Crippen LogP contribution in [-0.4, -0.2) is 36.1 Å². The van der Waals surface area contributed by atoms with E-state index < -0.39 is 12.0 Å². The molecule has 1 aliphatic heterocycles. The minimum atomic E-state index is -0.862. The number of aliphatic carboxylic acids is 1. The number of rotatable bonds is 2. The molecule has 1 atom stereocenters. The Bertz CT molecular complexity index is 243. The highest BCUT2D eigenvalue weighted by molar-refractivity contribution is 5.78. The molecule has 0 aromatic rings. The van der Waals surface area contributed by atoms with Crippen molar-refractivity contribution in [2.24, 2.45) is 0 Å². The molecule has 0 fully saturated rings. The first-order valence-electron chi connectivity index (χ1n) is 3.66. The van der Waals surface area contributed by atoms with Crippen LogP contribution in [0.1, 0.15) is 0 Å². The maximum atomic E-state index is 10.7. The van der Waals surface area contributed by atoms with Crippen LogP contribution < -0.4 is 5.32 Å². The van der Waals surface area contributed by atoms with Crippen LogP contribution in [0.4, 0.5) is 0 Å². The highest BCUT2D eigenvalue weighted by Gasteiger charge is 2.23. The highest BCUT2D eigenvalue weighted by atomic mass is 16.4. The molecule has 0 aromatic carbocycles. The summed E-state index contributed by atoms with van der Waals surface area (Å²) in [6.07, 6.45) is 5.20. The van der Waals surface area contributed by atoms with Crippen molar-refractivity contribution >= 4 is 5.97 Å². The Labute approximate surface area is 71.2 Å². The van der Waals surface area contributed by atoms with Crippen LogP contribution in [0, 0.1) is 0 Å². The monoisotopic (exact) mass is 168 g/mol. The third kappa shape index (κ3) is 1.58. The molecule has 0 saturated carbocycles. The second-order valence-corrected chi connectivity index (χ2v) is 2.78. The Kier molecular flexibility index (Phi) is 2.38. The maximum absolute atomic E-state index is 10.7. The lowest BCUT2D eigenvalue weighted by atomic mass is 10.1. The summed E-state index contributed by atoms with van der Waals surface area (Å²) in [4.78, 5) is 12.5. The van der Waals surface area contributed by atoms with E-state index in [1.807, 2.05) is 14.1 Å². The van der Waals surface area contributed by atoms with Crippen molar-refractivity contribution in [1.82, 2.24) is 10.2 Å². The van der Waals surface area contributed by atoms with Crippen LogP contribution in [0.25, 0.3) is 0 Å². The molecule has 1 heterocycles. The summed E-state index contributed by atoms with van der Waals surface area (Å²) in [5.74, 6) is -0.862. The van der Waals surface area contributed by atoms with Gasteiger partial charge in [-0.1, -0.05) is 0 Å². The second kappa shape index (κ2) is 3.30. The summed E-state index contributed by atoms with van der Waals surface area (Å²) < 4.78 is 0. The van der Waals surface area contributed by atoms with Crippen molar-refractivity contribution in [1.29, 1.82) is 0 Å². The summed E-state index contributed by atoms with van der Waals surface area (Å²) in [7, 11) is 3.64. The molecular weight excluding hydrogens is 156 g/mol. The Morgan fingerprint density at radius 2 is 2.33 bits per heavy atom. The van der Waals surface area contributed by atoms with E-state index in [2.05, 4.69) is 5.32 Å². The van der Waals surface area contributed by atoms with Gasteiger partial charge in [0.1, 0.15) is 0 Å². The van der Waals surface area contributed by atoms with E-state index in [1.165, 1.54) is 0 Å². The summed E-state index contributed by atoms with van der Waals surface area (Å²) in [6, 6.07) is -0.620. The van der Waals surface area contributed by atoms with Crippen LogP contribution >= 0.6 is 0 Å². The van der Waals surface area contributed by atoms with Gasteiger partial charge in [-0.15, -0.1) is 0 Å². The maximum Gasteiger partial charge on any atom is 0.332 e. The molecule has 1 aliphatic rings. The van der Waals surface area contributed by atoms with Crippen LogP contribution in [0.2, 0.25) is 0 Å². The van der Waals surface area contributed by atoms with E-state index in [9.17, 15) is 4.79 Å². The van der Waals surface area contributed by atoms with E-state index in [1.54, 1.807) is 23.3 Å². The van der Waals surface area contributed by atoms with E-state index in [0.717, 1.165) is 5.70 Å². The normalized spacial score (nSPS) is 21.2. The molecule has 2 N–H and O–H groups in total. The molecule has 0 radical (unpaired) electrons. The van der Waals surface area contributed by atoms with E-state index >= 15 is 0 Å². The van der Waals surface area contributed by atoms with Gasteiger partial charge >= 0.3 is 5.97 Å². The zero-order valence-corrected chi connectivity index (χ0v) is 7.11. The second-order valence-electron chi connectivity index (χ2n) is 2.78. The quantitative estimate of drug-likeness (QED) is 0.609. The van der Waals surface area contributed by atoms with Crippen LogP contribution in [-0.2, 0) is 4.79 Å². The zero-order valence-electron chi connectivity index (χ0n) is 7.11. The van der Waals surface area contributed by atoms with Gasteiger partial charge in [0.25, 0.3) is 0 Å². The topological polar surface area (TPSA) is 52.6 Å². The van der Waals surface area contributed by atoms with E-state index in [4.69, 9.17) is 5.11 Å². The Hall–Kier alpha value is -1.45. The van der Waals surface area contributed by atoms with Gasteiger partial charge in [0, 0.05) is 19.8 Å². The number of dihydropyridines is 1. The molecule has 1 unspecified atom stereocenters. The fourth-order valence-electron chi connectivity index (χ4n) is 1.09. The third-order valence-electron chi connectivity index (χ3n) is 1.69. The largest absolute Gasteiger partial charge is 0.479 e. The molecule has 4 nitrogen and oxygen atoms in total. The number of hydrogen-bond acceptors (Lipinski definition) is 3. The number of allylic oxidation sites excluding steroid dienone is 2. The molecule has 1 rings (SSSR count). The lowest BCUT2D eigenvalue weighted by molar-refractivity contribution is -0.138. The Balaban J connectivity index is 2.84. The molecule has 0 amide bonds. The minimum absolute atomic E-state index is 0.620. The average molecular weight is 168 g/mol. The molecule has 4 heteroatoms. The van der Waals surface area contributed by atoms with Crippen molar-refractivity contribution in [3.05, 3.63) is 24.0 Å². The predicted octanol–water partition coefficient (Wildman–Crippen LogP) is 0.00200. The average Bonchev–Trinajstić information content (AvgIpc) is 2.04. The van der Waals surface area contributed by atoms with Gasteiger partial charge in [0.15, 0.2) is 6.04 Å². The fourth-order valence-corrected chi connectivity index (χ4v) is 1.09. The predicted molar refractivity (Wildman–Crippen MR) is 45.5 cm³/mol. The summed E-state index contributed by atoms with van der Waals surface area (Å²) >= 11 is 0. The molecule has 0 aliphatic carbocycles. The summed E-state index contributed by atoms with van der Waals surface area (Å²) in [5.41, 5.74) is 0.755. The lowest BCUT2D eigenvalue weighted by Gasteiger charge is -2.25. The number of likely N-dealkylation sites (N-methyl/N-ethyl adjacent to an activating group) is 1. The number of hydrogen-bond donors (Lipinski definition) is 2. The zero-order chi connectivity index (χ0) is 9.14. The lowest BCUT2D eigenvalue weighted by Crippen LogP contribution is -2.41. The fraction of sp³-hybridized carbons (Fsp3) is 0.375. The van der Waals surface area contributed by atoms with Crippen molar-refractivity contribution in [3.8, 4) is 0 Å². The number of carboxylic acid groups (broad SMARTS) is 1. The molecule has 66 valence electrons. The van der Waals surface area contributed by atoms with Gasteiger partial charge in [-0.2, -0.15) is 0 Å². The molecule has 0 aromatic heterocycles. The van der Waals surface area contributed by atoms with Crippen molar-refractivity contribution < 1.29 is 9.90 Å². The SMILES string of the molecule is CN(C)C1=CC=CNC1C(=O)O. The van der Waals surface area contributed by atoms with Crippen LogP contribution in [0.15, 0.2) is 24.0 Å². The third-order valence-corrected chi connectivity index (χ3v) is 1.69. The standard InChI is InChI=1S/C8H12N2O2/c1-10(2)6-4-3-5-9-7(6)8(11)12/h3-5,7,9H,1-2H3,(H,11,12). The van der Waals surface area contributed by atoms with Gasteiger partial charge in [0.05, 0.1) is 0 Å². The smallest absolute Gasteiger partial charge is 0.332 e. The first-order valence-corrected chi connectivity index (χ1v) is 3.66. The van der Waals surface area contributed by atoms with Crippen LogP contribution in [0.3, 0.4) is 0 Å². The van der Waals surface area contributed by atoms with Crippen molar-refractivity contribution in [2.45, 2.75) is 6.04 Å². The van der Waals surface area contributed by atoms with E-state index in [0.29, 0.717) is 0 Å². The Morgan fingerprint density at radius 1 is 1.67 bits per heavy atom. The molecule has 0 spiro atoms. The molecule has 0 bridgehead atoms. The van der Waals surface area contributed by atoms with Gasteiger partial charge in [0.2, 0.25) is 0 Å². The molecule has 0 saturated heterocycles. The van der Waals surface area contributed by atoms with Gasteiger partial charge in [-0.05, 0) is 18.4 Å². The number of carboxylic acids is 1. The van der Waals surface area contributed by atoms with Gasteiger partial charge in [-0.25, -0.2) is 4.79 Å². The van der Waals surface area contributed by atoms with Gasteiger partial charge < -0.3 is 15.3 Å². The molecular formula is C8H12N2O2. The van der Waals surface area contributed by atoms with Crippen molar-refractivity contribution in [3.63, 3.8) is 0 Å². The molecule has 12 heavy (non-hydrogen) atoms. The highest BCUT2D eigenvalue weighted by Crippen LogP contribution is 2.09. The number of carbonyl (C=O) groups is 1. The minimum Gasteiger partial charge on any atom is -0.479 e. The first-order chi connectivity index (χ1) is 5.63. The first kappa shape index (κ1) is 8.64. The number of nitrogens with zero attached hydrogens (tertiary/aromatic N) is 1.